The van der Waals surface area contributed by atoms with Crippen molar-refractivity contribution >= 4 is 29.0 Å². The molecule has 3 aliphatic carbocycles. The van der Waals surface area contributed by atoms with Crippen molar-refractivity contribution in [2.75, 3.05) is 53.9 Å². The van der Waals surface area contributed by atoms with Gasteiger partial charge in [0.2, 0.25) is 5.78 Å². The largest absolute Gasteiger partial charge is 0.508 e. The summed E-state index contributed by atoms with van der Waals surface area (Å²) in [5.41, 5.74) is 2.15. The highest BCUT2D eigenvalue weighted by Crippen LogP contribution is 2.53. The van der Waals surface area contributed by atoms with Crippen LogP contribution in [0.15, 0.2) is 29.0 Å². The topological polar surface area (TPSA) is 185 Å². The van der Waals surface area contributed by atoms with Gasteiger partial charge in [-0.2, -0.15) is 0 Å². The number of rotatable bonds is 5. The van der Waals surface area contributed by atoms with E-state index < -0.39 is 58.0 Å². The number of ketones is 3. The molecule has 1 aromatic rings. The molecule has 1 saturated heterocycles. The van der Waals surface area contributed by atoms with E-state index in [9.17, 15) is 39.6 Å². The quantitative estimate of drug-likeness (QED) is 0.231. The number of aromatic hydroxyl groups is 1. The Morgan fingerprint density at radius 1 is 1.10 bits per heavy atom. The van der Waals surface area contributed by atoms with Crippen LogP contribution >= 0.6 is 0 Å². The molecule has 4 unspecified atom stereocenters. The van der Waals surface area contributed by atoms with Gasteiger partial charge in [-0.25, -0.2) is 0 Å². The predicted octanol–water partition coefficient (Wildman–Crippen LogP) is -0.606. The highest BCUT2D eigenvalue weighted by atomic mass is 16.3. The summed E-state index contributed by atoms with van der Waals surface area (Å²) in [5.74, 6) is -7.38. The summed E-state index contributed by atoms with van der Waals surface area (Å²) >= 11 is 0. The highest BCUT2D eigenvalue weighted by molar-refractivity contribution is 6.24. The predicted molar refractivity (Wildman–Crippen MR) is 143 cm³/mol. The van der Waals surface area contributed by atoms with E-state index in [-0.39, 0.29) is 42.1 Å². The van der Waals surface area contributed by atoms with Gasteiger partial charge in [-0.15, -0.1) is 0 Å². The summed E-state index contributed by atoms with van der Waals surface area (Å²) in [7, 11) is 5.10. The van der Waals surface area contributed by atoms with E-state index >= 15 is 0 Å². The van der Waals surface area contributed by atoms with Crippen molar-refractivity contribution in [3.05, 3.63) is 45.7 Å². The fourth-order valence-corrected chi connectivity index (χ4v) is 6.80. The van der Waals surface area contributed by atoms with Gasteiger partial charge in [0.1, 0.15) is 22.8 Å². The summed E-state index contributed by atoms with van der Waals surface area (Å²) in [6, 6.07) is 1.62. The zero-order chi connectivity index (χ0) is 29.3. The normalized spacial score (nSPS) is 29.4. The average Bonchev–Trinajstić information content (AvgIpc) is 2.87. The third-order valence-electron chi connectivity index (χ3n) is 8.87. The number of aliphatic hydroxyl groups is 3. The van der Waals surface area contributed by atoms with Gasteiger partial charge in [0.25, 0.3) is 5.91 Å². The fraction of sp³-hybridized carbons (Fsp3) is 0.500. The van der Waals surface area contributed by atoms with Crippen LogP contribution in [0.1, 0.15) is 27.9 Å². The number of amides is 1. The van der Waals surface area contributed by atoms with Crippen molar-refractivity contribution in [2.24, 2.45) is 17.6 Å². The van der Waals surface area contributed by atoms with Crippen molar-refractivity contribution in [1.82, 2.24) is 14.7 Å². The number of nitrogens with zero attached hydrogens (tertiary/aromatic N) is 3. The minimum atomic E-state index is -2.70. The summed E-state index contributed by atoms with van der Waals surface area (Å²) < 4.78 is 0. The van der Waals surface area contributed by atoms with Crippen molar-refractivity contribution in [3.63, 3.8) is 0 Å². The molecule has 0 bridgehead atoms. The molecule has 0 radical (unpaired) electrons. The Morgan fingerprint density at radius 3 is 2.35 bits per heavy atom. The van der Waals surface area contributed by atoms with Crippen molar-refractivity contribution in [1.29, 1.82) is 0 Å². The average molecular weight is 555 g/mol. The molecule has 2 fully saturated rings. The summed E-state index contributed by atoms with van der Waals surface area (Å²) in [4.78, 5) is 58.3. The van der Waals surface area contributed by atoms with E-state index in [0.29, 0.717) is 11.1 Å². The van der Waals surface area contributed by atoms with Crippen molar-refractivity contribution in [3.8, 4) is 5.75 Å². The first-order chi connectivity index (χ1) is 18.8. The van der Waals surface area contributed by atoms with E-state index in [4.69, 9.17) is 5.73 Å². The second kappa shape index (κ2) is 9.81. The van der Waals surface area contributed by atoms with Gasteiger partial charge in [0, 0.05) is 43.2 Å². The molecule has 6 N–H and O–H groups in total. The summed E-state index contributed by atoms with van der Waals surface area (Å²) in [6.45, 7) is 3.25. The molecule has 0 aromatic heterocycles. The van der Waals surface area contributed by atoms with Crippen LogP contribution in [0.3, 0.4) is 0 Å². The maximum Gasteiger partial charge on any atom is 0.255 e. The first-order valence-corrected chi connectivity index (χ1v) is 13.2. The van der Waals surface area contributed by atoms with Crippen LogP contribution in [-0.2, 0) is 20.8 Å². The standard InChI is InChI=1S/C28H34N4O8/c1-30(2)22-16-11-13-10-15-14(18(34)12-32-8-6-31(3)7-9-32)4-5-17(33)20(15)23(35)19(13)25(37)28(16,40)26(38)21(24(22)36)27(29)39/h4-5,13,16,22,33,35,38,40H,6-12H2,1-3H3,(H2,29,39). The zero-order valence-corrected chi connectivity index (χ0v) is 22.7. The van der Waals surface area contributed by atoms with Gasteiger partial charge in [0.05, 0.1) is 18.2 Å². The molecule has 1 aromatic carbocycles. The minimum absolute atomic E-state index is 0.0342. The number of aliphatic hydroxyl groups excluding tert-OH is 2. The second-order valence-electron chi connectivity index (χ2n) is 11.4. The van der Waals surface area contributed by atoms with Gasteiger partial charge in [-0.1, -0.05) is 0 Å². The molecular weight excluding hydrogens is 520 g/mol. The SMILES string of the molecule is CN1CCN(CC(=O)c2ccc(O)c3c2CC2CC4C(N(C)C)C(=O)C(C(N)=O)=C(O)C4(O)C(=O)C2=C3O)CC1. The maximum atomic E-state index is 13.9. The van der Waals surface area contributed by atoms with Gasteiger partial charge in [-0.3, -0.25) is 29.0 Å². The summed E-state index contributed by atoms with van der Waals surface area (Å²) in [5, 5.41) is 44.7. The molecule has 4 atom stereocenters. The van der Waals surface area contributed by atoms with Gasteiger partial charge >= 0.3 is 0 Å². The Morgan fingerprint density at radius 2 is 1.75 bits per heavy atom. The number of hydrogen-bond acceptors (Lipinski definition) is 11. The van der Waals surface area contributed by atoms with E-state index in [2.05, 4.69) is 4.90 Å². The number of fused-ring (bicyclic) bond motifs is 3. The number of likely N-dealkylation sites (N-methyl/N-ethyl adjacent to an activating group) is 2. The number of phenols is 1. The van der Waals surface area contributed by atoms with Crippen molar-refractivity contribution < 1.29 is 39.6 Å². The number of nitrogens with two attached hydrogens (primary N) is 1. The summed E-state index contributed by atoms with van der Waals surface area (Å²) in [6.07, 6.45) is 0.0419. The lowest BCUT2D eigenvalue weighted by atomic mass is 9.57. The van der Waals surface area contributed by atoms with E-state index in [1.165, 1.54) is 17.0 Å². The van der Waals surface area contributed by atoms with Crippen molar-refractivity contribution in [2.45, 2.75) is 24.5 Å². The van der Waals surface area contributed by atoms with Crippen LogP contribution in [0.2, 0.25) is 0 Å². The third kappa shape index (κ3) is 4.05. The molecule has 1 amide bonds. The molecule has 214 valence electrons. The Labute approximate surface area is 231 Å². The lowest BCUT2D eigenvalue weighted by molar-refractivity contribution is -0.153. The number of benzene rings is 1. The smallest absolute Gasteiger partial charge is 0.255 e. The van der Waals surface area contributed by atoms with Crippen LogP contribution in [0, 0.1) is 11.8 Å². The first-order valence-electron chi connectivity index (χ1n) is 13.2. The van der Waals surface area contributed by atoms with Gasteiger partial charge in [-0.05, 0) is 57.6 Å². The Hall–Kier alpha value is -3.58. The third-order valence-corrected chi connectivity index (χ3v) is 8.87. The van der Waals surface area contributed by atoms with Crippen LogP contribution in [0.5, 0.6) is 5.75 Å². The molecule has 1 saturated carbocycles. The number of phenolic OH excluding ortho intramolecular Hbond substituents is 1. The van der Waals surface area contributed by atoms with Gasteiger partial charge in [0.15, 0.2) is 17.2 Å². The van der Waals surface area contributed by atoms with Crippen LogP contribution in [-0.4, -0.2) is 124 Å². The first kappa shape index (κ1) is 28.0. The number of carbonyl (C=O) groups excluding carboxylic acids is 4. The molecular formula is C28H34N4O8. The Balaban J connectivity index is 1.60. The lowest BCUT2D eigenvalue weighted by Crippen LogP contribution is -2.65. The highest BCUT2D eigenvalue weighted by Gasteiger charge is 2.64. The number of Topliss-reactive ketones (excluding diaryl/α,β-unsaturated/α-hetero) is 3. The molecule has 0 spiro atoms. The molecule has 12 nitrogen and oxygen atoms in total. The molecule has 4 aliphatic rings. The maximum absolute atomic E-state index is 13.9. The number of hydrogen-bond donors (Lipinski definition) is 5. The van der Waals surface area contributed by atoms with Crippen LogP contribution in [0.25, 0.3) is 5.76 Å². The van der Waals surface area contributed by atoms with Gasteiger partial charge < -0.3 is 31.1 Å². The Kier molecular flexibility index (Phi) is 6.86. The van der Waals surface area contributed by atoms with E-state index in [1.807, 2.05) is 11.9 Å². The molecule has 12 heteroatoms. The van der Waals surface area contributed by atoms with E-state index in [0.717, 1.165) is 26.2 Å². The molecule has 40 heavy (non-hydrogen) atoms. The Bertz CT molecular complexity index is 1390. The minimum Gasteiger partial charge on any atom is -0.508 e. The molecule has 1 aliphatic heterocycles. The lowest BCUT2D eigenvalue weighted by Gasteiger charge is -2.50. The molecule has 5 rings (SSSR count). The molecule has 1 heterocycles. The number of piperazine rings is 1. The number of primary amides is 1. The fourth-order valence-electron chi connectivity index (χ4n) is 6.80. The van der Waals surface area contributed by atoms with Crippen LogP contribution in [0.4, 0.5) is 0 Å². The monoisotopic (exact) mass is 554 g/mol. The van der Waals surface area contributed by atoms with E-state index in [1.54, 1.807) is 14.1 Å². The second-order valence-corrected chi connectivity index (χ2v) is 11.4. The van der Waals surface area contributed by atoms with Crippen LogP contribution < -0.4 is 5.73 Å². The number of carbonyl (C=O) groups is 4. The zero-order valence-electron chi connectivity index (χ0n) is 22.7.